The number of carbonyl (C=O) groups excluding carboxylic acids is 2. The van der Waals surface area contributed by atoms with Gasteiger partial charge in [-0.2, -0.15) is 0 Å². The van der Waals surface area contributed by atoms with Crippen LogP contribution in [0.4, 0.5) is 5.69 Å². The molecule has 1 saturated heterocycles. The van der Waals surface area contributed by atoms with Crippen molar-refractivity contribution in [3.05, 3.63) is 88.2 Å². The van der Waals surface area contributed by atoms with Crippen LogP contribution >= 0.6 is 15.9 Å². The van der Waals surface area contributed by atoms with Crippen molar-refractivity contribution in [3.8, 4) is 5.75 Å². The molecular formula is C23H18BrN3O6S. The number of sulfonamides is 1. The maximum absolute atomic E-state index is 13.1. The molecule has 2 aromatic carbocycles. The Morgan fingerprint density at radius 1 is 1.15 bits per heavy atom. The minimum atomic E-state index is -3.95. The van der Waals surface area contributed by atoms with E-state index in [0.29, 0.717) is 21.3 Å². The average Bonchev–Trinajstić information content (AvgIpc) is 3.09. The zero-order valence-electron chi connectivity index (χ0n) is 17.7. The summed E-state index contributed by atoms with van der Waals surface area (Å²) < 4.78 is 29.0. The maximum Gasteiger partial charge on any atom is 0.300 e. The van der Waals surface area contributed by atoms with E-state index in [9.17, 15) is 23.1 Å². The number of amides is 1. The molecular weight excluding hydrogens is 526 g/mol. The number of ether oxygens (including phenoxy) is 1. The van der Waals surface area contributed by atoms with Crippen LogP contribution in [0, 0.1) is 0 Å². The van der Waals surface area contributed by atoms with Crippen molar-refractivity contribution in [1.82, 2.24) is 4.98 Å². The van der Waals surface area contributed by atoms with E-state index in [1.807, 2.05) is 0 Å². The van der Waals surface area contributed by atoms with Crippen molar-refractivity contribution in [2.75, 3.05) is 12.0 Å². The van der Waals surface area contributed by atoms with Crippen LogP contribution in [-0.2, 0) is 19.6 Å². The molecule has 1 unspecified atom stereocenters. The van der Waals surface area contributed by atoms with E-state index in [1.54, 1.807) is 30.3 Å². The first-order valence-corrected chi connectivity index (χ1v) is 12.1. The number of aliphatic hydroxyl groups is 1. The van der Waals surface area contributed by atoms with Gasteiger partial charge in [0, 0.05) is 23.6 Å². The summed E-state index contributed by atoms with van der Waals surface area (Å²) in [6, 6.07) is 12.3. The number of benzene rings is 2. The predicted molar refractivity (Wildman–Crippen MR) is 128 cm³/mol. The first-order valence-electron chi connectivity index (χ1n) is 9.81. The van der Waals surface area contributed by atoms with Gasteiger partial charge in [-0.25, -0.2) is 13.6 Å². The smallest absolute Gasteiger partial charge is 0.300 e. The van der Waals surface area contributed by atoms with Crippen LogP contribution in [0.1, 0.15) is 17.2 Å². The van der Waals surface area contributed by atoms with Gasteiger partial charge in [0.25, 0.3) is 11.7 Å². The molecule has 3 aromatic rings. The Morgan fingerprint density at radius 3 is 2.41 bits per heavy atom. The molecule has 1 aliphatic rings. The molecule has 1 atom stereocenters. The Morgan fingerprint density at radius 2 is 1.85 bits per heavy atom. The third kappa shape index (κ3) is 4.20. The van der Waals surface area contributed by atoms with Crippen LogP contribution in [0.15, 0.2) is 81.9 Å². The molecule has 0 spiro atoms. The van der Waals surface area contributed by atoms with Gasteiger partial charge in [-0.1, -0.05) is 6.07 Å². The topological polar surface area (TPSA) is 140 Å². The first-order chi connectivity index (χ1) is 16.1. The molecule has 174 valence electrons. The Bertz CT molecular complexity index is 1420. The van der Waals surface area contributed by atoms with E-state index >= 15 is 0 Å². The van der Waals surface area contributed by atoms with E-state index in [2.05, 4.69) is 20.9 Å². The second kappa shape index (κ2) is 9.01. The van der Waals surface area contributed by atoms with E-state index < -0.39 is 27.8 Å². The largest absolute Gasteiger partial charge is 0.507 e. The molecule has 3 N–H and O–H groups in total. The summed E-state index contributed by atoms with van der Waals surface area (Å²) in [4.78, 5) is 31.4. The van der Waals surface area contributed by atoms with Crippen molar-refractivity contribution in [1.29, 1.82) is 0 Å². The van der Waals surface area contributed by atoms with Crippen LogP contribution in [0.3, 0.4) is 0 Å². The fraction of sp³-hybridized carbons (Fsp3) is 0.0870. The monoisotopic (exact) mass is 543 g/mol. The molecule has 2 heterocycles. The lowest BCUT2D eigenvalue weighted by Crippen LogP contribution is -2.29. The number of hydrogen-bond acceptors (Lipinski definition) is 7. The third-order valence-electron chi connectivity index (χ3n) is 5.31. The highest BCUT2D eigenvalue weighted by Crippen LogP contribution is 2.42. The summed E-state index contributed by atoms with van der Waals surface area (Å²) >= 11 is 3.35. The molecule has 11 heteroatoms. The highest BCUT2D eigenvalue weighted by Gasteiger charge is 2.47. The van der Waals surface area contributed by atoms with Gasteiger partial charge < -0.3 is 9.84 Å². The van der Waals surface area contributed by atoms with Crippen LogP contribution in [0.5, 0.6) is 5.75 Å². The predicted octanol–water partition coefficient (Wildman–Crippen LogP) is 3.13. The van der Waals surface area contributed by atoms with Crippen molar-refractivity contribution in [2.24, 2.45) is 5.14 Å². The third-order valence-corrected chi connectivity index (χ3v) is 6.86. The van der Waals surface area contributed by atoms with Gasteiger partial charge in [0.05, 0.1) is 28.1 Å². The van der Waals surface area contributed by atoms with Crippen molar-refractivity contribution >= 4 is 49.1 Å². The van der Waals surface area contributed by atoms with Gasteiger partial charge in [0.1, 0.15) is 11.5 Å². The summed E-state index contributed by atoms with van der Waals surface area (Å²) in [5, 5.41) is 16.3. The van der Waals surface area contributed by atoms with Crippen LogP contribution < -0.4 is 14.8 Å². The number of hydrogen-bond donors (Lipinski definition) is 2. The zero-order chi connectivity index (χ0) is 24.6. The second-order valence-electron chi connectivity index (χ2n) is 7.34. The lowest BCUT2D eigenvalue weighted by atomic mass is 9.96. The number of pyridine rings is 1. The Kier molecular flexibility index (Phi) is 6.26. The Balaban J connectivity index is 1.90. The number of nitrogens with two attached hydrogens (primary N) is 1. The second-order valence-corrected chi connectivity index (χ2v) is 9.76. The van der Waals surface area contributed by atoms with E-state index in [-0.39, 0.29) is 21.9 Å². The van der Waals surface area contributed by atoms with Crippen molar-refractivity contribution < 1.29 is 27.9 Å². The molecule has 4 rings (SSSR count). The van der Waals surface area contributed by atoms with Crippen LogP contribution in [0.2, 0.25) is 0 Å². The van der Waals surface area contributed by atoms with E-state index in [4.69, 9.17) is 9.88 Å². The summed E-state index contributed by atoms with van der Waals surface area (Å²) in [5.41, 5.74) is 0.888. The molecule has 0 bridgehead atoms. The molecule has 1 aliphatic heterocycles. The highest BCUT2D eigenvalue weighted by atomic mass is 79.9. The number of methoxy groups -OCH3 is 1. The number of primary sulfonamides is 1. The van der Waals surface area contributed by atoms with Crippen LogP contribution in [-0.4, -0.2) is 37.3 Å². The van der Waals surface area contributed by atoms with Crippen molar-refractivity contribution in [2.45, 2.75) is 10.9 Å². The summed E-state index contributed by atoms with van der Waals surface area (Å²) in [5.74, 6) is -1.63. The van der Waals surface area contributed by atoms with Crippen molar-refractivity contribution in [3.63, 3.8) is 0 Å². The summed E-state index contributed by atoms with van der Waals surface area (Å²) in [6.07, 6.45) is 3.02. The minimum Gasteiger partial charge on any atom is -0.507 e. The summed E-state index contributed by atoms with van der Waals surface area (Å²) in [7, 11) is -2.45. The number of nitrogens with zero attached hydrogens (tertiary/aromatic N) is 2. The summed E-state index contributed by atoms with van der Waals surface area (Å²) in [6.45, 7) is 0. The van der Waals surface area contributed by atoms with E-state index in [0.717, 1.165) is 0 Å². The Labute approximate surface area is 203 Å². The fourth-order valence-electron chi connectivity index (χ4n) is 3.72. The quantitative estimate of drug-likeness (QED) is 0.286. The molecule has 1 aromatic heterocycles. The molecule has 9 nitrogen and oxygen atoms in total. The highest BCUT2D eigenvalue weighted by molar-refractivity contribution is 9.10. The Hall–Kier alpha value is -3.54. The lowest BCUT2D eigenvalue weighted by molar-refractivity contribution is -0.132. The first kappa shape index (κ1) is 23.6. The van der Waals surface area contributed by atoms with Gasteiger partial charge in [0.2, 0.25) is 10.0 Å². The maximum atomic E-state index is 13.1. The molecule has 34 heavy (non-hydrogen) atoms. The normalized spacial score (nSPS) is 17.7. The number of Topliss-reactive ketones (excluding diaryl/α,β-unsaturated/α-hetero) is 1. The molecule has 0 radical (unpaired) electrons. The SMILES string of the molecule is COc1ccc(/C(O)=C2\C(=O)C(=O)N(c3ccc(S(N)(=O)=O)cc3)C2c2cccnc2)cc1Br. The van der Waals surface area contributed by atoms with Gasteiger partial charge >= 0.3 is 0 Å². The number of rotatable bonds is 5. The minimum absolute atomic E-state index is 0.134. The standard InChI is InChI=1S/C23H18BrN3O6S/c1-33-18-9-4-13(11-17(18)24)21(28)19-20(14-3-2-10-26-12-14)27(23(30)22(19)29)15-5-7-16(8-6-15)34(25,31)32/h2-12,20,28H,1H3,(H2,25,31,32)/b21-19+. The fourth-order valence-corrected chi connectivity index (χ4v) is 4.77. The van der Waals surface area contributed by atoms with Gasteiger partial charge in [0.15, 0.2) is 0 Å². The molecule has 1 amide bonds. The number of aromatic nitrogens is 1. The number of ketones is 1. The molecule has 1 fully saturated rings. The molecule has 0 saturated carbocycles. The average molecular weight is 544 g/mol. The van der Waals surface area contributed by atoms with Crippen LogP contribution in [0.25, 0.3) is 5.76 Å². The number of carbonyl (C=O) groups is 2. The molecule has 0 aliphatic carbocycles. The lowest BCUT2D eigenvalue weighted by Gasteiger charge is -2.25. The van der Waals surface area contributed by atoms with E-state index in [1.165, 1.54) is 48.7 Å². The van der Waals surface area contributed by atoms with Gasteiger partial charge in [-0.05, 0) is 70.0 Å². The number of anilines is 1. The van der Waals surface area contributed by atoms with Gasteiger partial charge in [-0.15, -0.1) is 0 Å². The number of aliphatic hydroxyl groups excluding tert-OH is 1. The zero-order valence-corrected chi connectivity index (χ0v) is 20.1. The number of halogens is 1. The van der Waals surface area contributed by atoms with Gasteiger partial charge in [-0.3, -0.25) is 19.5 Å².